The van der Waals surface area contributed by atoms with Gasteiger partial charge in [-0.05, 0) is 41.5 Å². The van der Waals surface area contributed by atoms with Gasteiger partial charge in [-0.3, -0.25) is 9.59 Å². The van der Waals surface area contributed by atoms with E-state index in [1.54, 1.807) is 24.3 Å². The average molecular weight is 469 g/mol. The topological polar surface area (TPSA) is 70.4 Å². The van der Waals surface area contributed by atoms with E-state index in [1.165, 1.54) is 7.11 Å². The molecule has 0 N–H and O–H groups in total. The number of ether oxygens (including phenoxy) is 1. The second kappa shape index (κ2) is 8.48. The summed E-state index contributed by atoms with van der Waals surface area (Å²) in [4.78, 5) is 29.5. The van der Waals surface area contributed by atoms with Crippen LogP contribution in [0.2, 0.25) is 5.02 Å². The molecule has 4 atom stereocenters. The normalized spacial score (nSPS) is 24.6. The zero-order valence-corrected chi connectivity index (χ0v) is 19.1. The van der Waals surface area contributed by atoms with Gasteiger partial charge in [-0.1, -0.05) is 72.3 Å². The van der Waals surface area contributed by atoms with Gasteiger partial charge in [0.1, 0.15) is 6.04 Å². The number of para-hydroxylation sites is 1. The van der Waals surface area contributed by atoms with Crippen LogP contribution in [0.4, 0.5) is 5.69 Å². The minimum Gasteiger partial charge on any atom is -0.468 e. The number of anilines is 1. The highest BCUT2D eigenvalue weighted by Gasteiger charge is 2.67. The van der Waals surface area contributed by atoms with Crippen molar-refractivity contribution in [1.29, 1.82) is 5.26 Å². The number of fused-ring (bicyclic) bond motifs is 3. The summed E-state index contributed by atoms with van der Waals surface area (Å²) in [5.41, 5.74) is 1.26. The zero-order chi connectivity index (χ0) is 23.9. The molecule has 168 valence electrons. The number of carbonyl (C=O) groups excluding carboxylic acids is 2. The largest absolute Gasteiger partial charge is 0.468 e. The number of ketones is 1. The predicted octanol–water partition coefficient (Wildman–Crippen LogP) is 5.27. The Bertz CT molecular complexity index is 1330. The van der Waals surface area contributed by atoms with E-state index >= 15 is 0 Å². The maximum Gasteiger partial charge on any atom is 0.329 e. The Morgan fingerprint density at radius 3 is 2.35 bits per heavy atom. The number of halogens is 1. The summed E-state index contributed by atoms with van der Waals surface area (Å²) in [6.45, 7) is 0. The summed E-state index contributed by atoms with van der Waals surface area (Å²) in [6.07, 6.45) is 3.75. The molecule has 0 aliphatic carbocycles. The highest BCUT2D eigenvalue weighted by atomic mass is 35.5. The van der Waals surface area contributed by atoms with E-state index in [0.29, 0.717) is 10.6 Å². The van der Waals surface area contributed by atoms with Gasteiger partial charge in [0.2, 0.25) is 0 Å². The fraction of sp³-hybridized carbons (Fsp3) is 0.179. The van der Waals surface area contributed by atoms with Crippen LogP contribution >= 0.6 is 11.6 Å². The number of hydrogen-bond donors (Lipinski definition) is 0. The third kappa shape index (κ3) is 3.14. The van der Waals surface area contributed by atoms with E-state index in [9.17, 15) is 14.9 Å². The number of nitriles is 1. The lowest BCUT2D eigenvalue weighted by Gasteiger charge is -2.36. The number of esters is 1. The Hall–Kier alpha value is -3.88. The molecule has 1 fully saturated rings. The van der Waals surface area contributed by atoms with Crippen molar-refractivity contribution in [3.05, 3.63) is 107 Å². The van der Waals surface area contributed by atoms with Gasteiger partial charge in [-0.2, -0.15) is 5.26 Å². The van der Waals surface area contributed by atoms with Gasteiger partial charge in [0.15, 0.2) is 11.2 Å². The molecule has 2 aliphatic heterocycles. The summed E-state index contributed by atoms with van der Waals surface area (Å²) in [6, 6.07) is 24.4. The van der Waals surface area contributed by atoms with Crippen molar-refractivity contribution in [3.8, 4) is 6.07 Å². The van der Waals surface area contributed by atoms with Crippen molar-refractivity contribution in [3.63, 3.8) is 0 Å². The maximum atomic E-state index is 14.2. The SMILES string of the molecule is COC(=O)[C@@]1(C#N)[C@@H](c2ccccc2)[C@H](C(=O)c2ccc(Cl)cc2)N2c3ccccc3C=C[C@@H]21. The zero-order valence-electron chi connectivity index (χ0n) is 18.4. The first-order valence-electron chi connectivity index (χ1n) is 10.9. The van der Waals surface area contributed by atoms with Crippen LogP contribution < -0.4 is 4.90 Å². The molecule has 0 spiro atoms. The predicted molar refractivity (Wildman–Crippen MR) is 131 cm³/mol. The van der Waals surface area contributed by atoms with Gasteiger partial charge in [0.25, 0.3) is 0 Å². The molecule has 3 aromatic carbocycles. The minimum atomic E-state index is -1.63. The number of nitrogens with zero attached hydrogens (tertiary/aromatic N) is 2. The molecule has 0 unspecified atom stereocenters. The molecular weight excluding hydrogens is 448 g/mol. The highest BCUT2D eigenvalue weighted by Crippen LogP contribution is 2.56. The molecule has 3 aromatic rings. The number of hydrogen-bond acceptors (Lipinski definition) is 5. The van der Waals surface area contributed by atoms with Gasteiger partial charge in [0.05, 0.1) is 19.2 Å². The fourth-order valence-electron chi connectivity index (χ4n) is 5.35. The van der Waals surface area contributed by atoms with Crippen LogP contribution in [0, 0.1) is 16.7 Å². The van der Waals surface area contributed by atoms with Crippen molar-refractivity contribution in [2.75, 3.05) is 12.0 Å². The van der Waals surface area contributed by atoms with Crippen LogP contribution in [0.15, 0.2) is 84.9 Å². The quantitative estimate of drug-likeness (QED) is 0.385. The van der Waals surface area contributed by atoms with Gasteiger partial charge < -0.3 is 9.64 Å². The third-order valence-electron chi connectivity index (χ3n) is 6.81. The monoisotopic (exact) mass is 468 g/mol. The molecule has 0 aromatic heterocycles. The molecule has 2 aliphatic rings. The van der Waals surface area contributed by atoms with E-state index in [1.807, 2.05) is 71.6 Å². The second-order valence-electron chi connectivity index (χ2n) is 8.45. The average Bonchev–Trinajstić information content (AvgIpc) is 3.20. The molecule has 2 heterocycles. The Morgan fingerprint density at radius 2 is 1.68 bits per heavy atom. The number of Topliss-reactive ketones (excluding diaryl/α,β-unsaturated/α-hetero) is 1. The van der Waals surface area contributed by atoms with Gasteiger partial charge in [-0.25, -0.2) is 0 Å². The second-order valence-corrected chi connectivity index (χ2v) is 8.88. The van der Waals surface area contributed by atoms with Crippen LogP contribution in [0.5, 0.6) is 0 Å². The number of benzene rings is 3. The molecule has 1 saturated heterocycles. The van der Waals surface area contributed by atoms with Crippen molar-refractivity contribution >= 4 is 35.1 Å². The van der Waals surface area contributed by atoms with Gasteiger partial charge >= 0.3 is 5.97 Å². The first-order valence-corrected chi connectivity index (χ1v) is 11.3. The Morgan fingerprint density at radius 1 is 1.00 bits per heavy atom. The van der Waals surface area contributed by atoms with Crippen molar-refractivity contribution in [2.45, 2.75) is 18.0 Å². The van der Waals surface area contributed by atoms with Crippen molar-refractivity contribution < 1.29 is 14.3 Å². The van der Waals surface area contributed by atoms with Crippen LogP contribution in [-0.2, 0) is 9.53 Å². The summed E-state index contributed by atoms with van der Waals surface area (Å²) < 4.78 is 5.22. The summed E-state index contributed by atoms with van der Waals surface area (Å²) in [5.74, 6) is -1.62. The Balaban J connectivity index is 1.81. The number of rotatable bonds is 4. The molecule has 5 nitrogen and oxygen atoms in total. The number of methoxy groups -OCH3 is 1. The van der Waals surface area contributed by atoms with E-state index < -0.39 is 29.4 Å². The maximum absolute atomic E-state index is 14.2. The standard InChI is InChI=1S/C28H21ClN2O3/c1-34-27(33)28(17-30)23-16-13-18-7-5-6-10-22(18)31(23)25(24(28)19-8-3-2-4-9-19)26(32)20-11-14-21(29)15-12-20/h2-16,23-25H,1H3/t23-,24+,25-,28-/m1/s1. The van der Waals surface area contributed by atoms with Crippen LogP contribution in [0.1, 0.15) is 27.4 Å². The summed E-state index contributed by atoms with van der Waals surface area (Å²) in [5, 5.41) is 11.1. The molecule has 5 rings (SSSR count). The lowest BCUT2D eigenvalue weighted by molar-refractivity contribution is -0.150. The molecule has 6 heteroatoms. The lowest BCUT2D eigenvalue weighted by atomic mass is 9.68. The van der Waals surface area contributed by atoms with Crippen molar-refractivity contribution in [2.24, 2.45) is 5.41 Å². The van der Waals surface area contributed by atoms with E-state index in [4.69, 9.17) is 16.3 Å². The van der Waals surface area contributed by atoms with Crippen LogP contribution in [0.3, 0.4) is 0 Å². The Labute approximate surface area is 202 Å². The van der Waals surface area contributed by atoms with E-state index in [-0.39, 0.29) is 5.78 Å². The van der Waals surface area contributed by atoms with Gasteiger partial charge in [-0.15, -0.1) is 0 Å². The van der Waals surface area contributed by atoms with Gasteiger partial charge in [0, 0.05) is 22.2 Å². The molecule has 34 heavy (non-hydrogen) atoms. The lowest BCUT2D eigenvalue weighted by Crippen LogP contribution is -2.46. The molecule has 0 bridgehead atoms. The number of carbonyl (C=O) groups is 2. The highest BCUT2D eigenvalue weighted by molar-refractivity contribution is 6.30. The third-order valence-corrected chi connectivity index (χ3v) is 7.06. The summed E-state index contributed by atoms with van der Waals surface area (Å²) in [7, 11) is 1.28. The fourth-order valence-corrected chi connectivity index (χ4v) is 5.48. The summed E-state index contributed by atoms with van der Waals surface area (Å²) >= 11 is 6.07. The van der Waals surface area contributed by atoms with E-state index in [0.717, 1.165) is 16.8 Å². The molecule has 0 saturated carbocycles. The minimum absolute atomic E-state index is 0.193. The first-order chi connectivity index (χ1) is 16.5. The van der Waals surface area contributed by atoms with Crippen LogP contribution in [0.25, 0.3) is 6.08 Å². The van der Waals surface area contributed by atoms with Crippen molar-refractivity contribution in [1.82, 2.24) is 0 Å². The van der Waals surface area contributed by atoms with E-state index in [2.05, 4.69) is 6.07 Å². The molecule has 0 radical (unpaired) electrons. The smallest absolute Gasteiger partial charge is 0.329 e. The van der Waals surface area contributed by atoms with Crippen LogP contribution in [-0.4, -0.2) is 30.9 Å². The molecule has 0 amide bonds. The Kier molecular flexibility index (Phi) is 5.47. The molecular formula is C28H21ClN2O3. The first kappa shape index (κ1) is 21.9.